The van der Waals surface area contributed by atoms with Crippen LogP contribution in [-0.2, 0) is 33.6 Å². The zero-order chi connectivity index (χ0) is 17.8. The Hall–Kier alpha value is -1.84. The third-order valence-electron chi connectivity index (χ3n) is 4.04. The molecule has 10 heteroatoms. The van der Waals surface area contributed by atoms with E-state index >= 15 is 0 Å². The Kier molecular flexibility index (Phi) is 3.87. The molecule has 2 saturated heterocycles. The third kappa shape index (κ3) is 2.54. The molecule has 0 bridgehead atoms. The van der Waals surface area contributed by atoms with Gasteiger partial charge in [-0.3, -0.25) is 4.79 Å². The average Bonchev–Trinajstić information content (AvgIpc) is 2.51. The molecule has 0 aliphatic carbocycles. The van der Waals surface area contributed by atoms with Crippen LogP contribution in [-0.4, -0.2) is 60.4 Å². The van der Waals surface area contributed by atoms with Gasteiger partial charge in [0.15, 0.2) is 9.84 Å². The minimum Gasteiger partial charge on any atom is -0.438 e. The first kappa shape index (κ1) is 17.5. The largest absolute Gasteiger partial charge is 0.511 e. The highest BCUT2D eigenvalue weighted by atomic mass is 32.2. The smallest absolute Gasteiger partial charge is 0.438 e. The molecule has 1 amide bonds. The maximum atomic E-state index is 12.5. The lowest BCUT2D eigenvalue weighted by Gasteiger charge is -2.37. The van der Waals surface area contributed by atoms with Crippen molar-refractivity contribution in [3.8, 4) is 0 Å². The molecule has 0 saturated carbocycles. The topological polar surface area (TPSA) is 116 Å². The number of sulfone groups is 1. The van der Waals surface area contributed by atoms with Crippen LogP contribution in [0.4, 0.5) is 4.79 Å². The van der Waals surface area contributed by atoms with Gasteiger partial charge in [0, 0.05) is 13.8 Å². The van der Waals surface area contributed by atoms with Crippen molar-refractivity contribution >= 4 is 27.9 Å². The second-order valence-electron chi connectivity index (χ2n) is 6.39. The summed E-state index contributed by atoms with van der Waals surface area (Å²) in [4.78, 5) is 36.4. The van der Waals surface area contributed by atoms with E-state index in [0.29, 0.717) is 0 Å². The molecule has 0 aromatic carbocycles. The van der Waals surface area contributed by atoms with Gasteiger partial charge in [-0.25, -0.2) is 18.0 Å². The molecule has 0 unspecified atom stereocenters. The van der Waals surface area contributed by atoms with Crippen LogP contribution in [0.25, 0.3) is 0 Å². The molecule has 2 aliphatic rings. The van der Waals surface area contributed by atoms with Gasteiger partial charge in [-0.15, -0.1) is 0 Å². The lowest BCUT2D eigenvalue weighted by molar-refractivity contribution is -0.207. The van der Waals surface area contributed by atoms with E-state index in [1.165, 1.54) is 27.7 Å². The van der Waals surface area contributed by atoms with Crippen LogP contribution in [0.15, 0.2) is 0 Å². The molecule has 0 spiro atoms. The molecule has 0 radical (unpaired) electrons. The SMILES string of the molecule is COC(=O)OC(C)(C)OC(=O)[C@@H]1N2C(=O)C[C@H]2S(=O)(=O)C1(C)C. The second-order valence-corrected chi connectivity index (χ2v) is 9.07. The van der Waals surface area contributed by atoms with Gasteiger partial charge in [-0.05, 0) is 13.8 Å². The molecule has 0 aromatic rings. The molecular formula is C13H19NO8S. The van der Waals surface area contributed by atoms with Gasteiger partial charge in [0.25, 0.3) is 5.79 Å². The third-order valence-corrected chi connectivity index (χ3v) is 6.84. The van der Waals surface area contributed by atoms with Crippen molar-refractivity contribution in [1.82, 2.24) is 4.90 Å². The molecule has 23 heavy (non-hydrogen) atoms. The Bertz CT molecular complexity index is 665. The molecule has 2 heterocycles. The average molecular weight is 349 g/mol. The quantitative estimate of drug-likeness (QED) is 0.402. The van der Waals surface area contributed by atoms with Crippen LogP contribution < -0.4 is 0 Å². The molecule has 0 aromatic heterocycles. The number of nitrogens with zero attached hydrogens (tertiary/aromatic N) is 1. The summed E-state index contributed by atoms with van der Waals surface area (Å²) in [6, 6.07) is -1.29. The van der Waals surface area contributed by atoms with E-state index in [-0.39, 0.29) is 6.42 Å². The van der Waals surface area contributed by atoms with Gasteiger partial charge in [0.05, 0.1) is 18.3 Å². The van der Waals surface area contributed by atoms with Crippen molar-refractivity contribution in [2.75, 3.05) is 7.11 Å². The number of amides is 1. The highest BCUT2D eigenvalue weighted by Gasteiger charge is 2.68. The normalized spacial score (nSPS) is 27.7. The van der Waals surface area contributed by atoms with Crippen LogP contribution in [0, 0.1) is 0 Å². The van der Waals surface area contributed by atoms with Crippen LogP contribution in [0.3, 0.4) is 0 Å². The van der Waals surface area contributed by atoms with E-state index in [1.807, 2.05) is 0 Å². The second kappa shape index (κ2) is 5.08. The number of rotatable bonds is 3. The van der Waals surface area contributed by atoms with Crippen LogP contribution in [0.5, 0.6) is 0 Å². The molecule has 2 aliphatic heterocycles. The Balaban J connectivity index is 2.25. The number of ether oxygens (including phenoxy) is 3. The first-order valence-corrected chi connectivity index (χ1v) is 8.44. The van der Waals surface area contributed by atoms with E-state index < -0.39 is 49.8 Å². The predicted molar refractivity (Wildman–Crippen MR) is 75.7 cm³/mol. The number of β-lactam (4-membered cyclic amide) rings is 1. The Morgan fingerprint density at radius 2 is 1.83 bits per heavy atom. The molecule has 2 fully saturated rings. The zero-order valence-corrected chi connectivity index (χ0v) is 14.3. The number of carbonyl (C=O) groups is 3. The van der Waals surface area contributed by atoms with Crippen molar-refractivity contribution < 1.29 is 37.0 Å². The maximum Gasteiger partial charge on any atom is 0.511 e. The van der Waals surface area contributed by atoms with Gasteiger partial charge in [-0.1, -0.05) is 0 Å². The molecular weight excluding hydrogens is 330 g/mol. The summed E-state index contributed by atoms with van der Waals surface area (Å²) >= 11 is 0. The fourth-order valence-electron chi connectivity index (χ4n) is 2.77. The fraction of sp³-hybridized carbons (Fsp3) is 0.769. The first-order valence-electron chi connectivity index (χ1n) is 6.89. The summed E-state index contributed by atoms with van der Waals surface area (Å²) < 4.78 is 37.6. The van der Waals surface area contributed by atoms with Crippen LogP contribution >= 0.6 is 0 Å². The minimum absolute atomic E-state index is 0.141. The zero-order valence-electron chi connectivity index (χ0n) is 13.5. The summed E-state index contributed by atoms with van der Waals surface area (Å²) in [6.07, 6.45) is -1.20. The first-order chi connectivity index (χ1) is 10.3. The number of hydrogen-bond acceptors (Lipinski definition) is 8. The van der Waals surface area contributed by atoms with E-state index in [4.69, 9.17) is 9.47 Å². The maximum absolute atomic E-state index is 12.5. The van der Waals surface area contributed by atoms with Crippen molar-refractivity contribution in [3.05, 3.63) is 0 Å². The summed E-state index contributed by atoms with van der Waals surface area (Å²) in [5.41, 5.74) is 0. The van der Waals surface area contributed by atoms with Gasteiger partial charge >= 0.3 is 12.1 Å². The summed E-state index contributed by atoms with van der Waals surface area (Å²) in [7, 11) is -2.61. The van der Waals surface area contributed by atoms with Crippen molar-refractivity contribution in [2.24, 2.45) is 0 Å². The van der Waals surface area contributed by atoms with Crippen LogP contribution in [0.2, 0.25) is 0 Å². The number of esters is 1. The van der Waals surface area contributed by atoms with E-state index in [9.17, 15) is 22.8 Å². The minimum atomic E-state index is -3.70. The summed E-state index contributed by atoms with van der Waals surface area (Å²) in [6.45, 7) is 5.34. The fourth-order valence-corrected chi connectivity index (χ4v) is 4.89. The molecule has 0 N–H and O–H groups in total. The van der Waals surface area contributed by atoms with Gasteiger partial charge in [0.1, 0.15) is 11.4 Å². The summed E-state index contributed by atoms with van der Waals surface area (Å²) in [5, 5.41) is -1.01. The molecule has 2 atom stereocenters. The van der Waals surface area contributed by atoms with E-state index in [2.05, 4.69) is 4.74 Å². The highest BCUT2D eigenvalue weighted by Crippen LogP contribution is 2.46. The van der Waals surface area contributed by atoms with Crippen molar-refractivity contribution in [2.45, 2.75) is 56.1 Å². The number of fused-ring (bicyclic) bond motifs is 1. The lowest BCUT2D eigenvalue weighted by Crippen LogP contribution is -2.58. The number of methoxy groups -OCH3 is 1. The predicted octanol–water partition coefficient (Wildman–Crippen LogP) is 0.183. The van der Waals surface area contributed by atoms with Crippen molar-refractivity contribution in [3.63, 3.8) is 0 Å². The standard InChI is InChI=1S/C13H19NO8S/c1-12(2)9(14-7(15)6-8(14)23(12,18)19)10(16)21-13(3,4)22-11(17)20-5/h8-9H,6H2,1-5H3/t8-,9+/m1/s1. The van der Waals surface area contributed by atoms with E-state index in [1.54, 1.807) is 0 Å². The van der Waals surface area contributed by atoms with Gasteiger partial charge in [-0.2, -0.15) is 0 Å². The number of hydrogen-bond donors (Lipinski definition) is 0. The molecule has 130 valence electrons. The summed E-state index contributed by atoms with van der Waals surface area (Å²) in [5.74, 6) is -3.06. The molecule has 9 nitrogen and oxygen atoms in total. The Morgan fingerprint density at radius 1 is 1.26 bits per heavy atom. The van der Waals surface area contributed by atoms with Gasteiger partial charge < -0.3 is 19.1 Å². The Morgan fingerprint density at radius 3 is 2.30 bits per heavy atom. The Labute approximate surface area is 133 Å². The molecule has 2 rings (SSSR count). The van der Waals surface area contributed by atoms with Crippen molar-refractivity contribution in [1.29, 1.82) is 0 Å². The highest BCUT2D eigenvalue weighted by molar-refractivity contribution is 7.93. The van der Waals surface area contributed by atoms with E-state index in [0.717, 1.165) is 12.0 Å². The lowest BCUT2D eigenvalue weighted by atomic mass is 9.98. The van der Waals surface area contributed by atoms with Crippen LogP contribution in [0.1, 0.15) is 34.1 Å². The monoisotopic (exact) mass is 349 g/mol. The van der Waals surface area contributed by atoms with Gasteiger partial charge in [0.2, 0.25) is 5.91 Å². The number of carbonyl (C=O) groups excluding carboxylic acids is 3.